The van der Waals surface area contributed by atoms with Gasteiger partial charge in [-0.15, -0.1) is 0 Å². The second-order valence-electron chi connectivity index (χ2n) is 7.43. The van der Waals surface area contributed by atoms with Crippen LogP contribution in [0.2, 0.25) is 0 Å². The van der Waals surface area contributed by atoms with Gasteiger partial charge in [-0.1, -0.05) is 20.8 Å². The van der Waals surface area contributed by atoms with Gasteiger partial charge in [0, 0.05) is 16.1 Å². The van der Waals surface area contributed by atoms with Gasteiger partial charge in [-0.2, -0.15) is 13.2 Å². The zero-order valence-corrected chi connectivity index (χ0v) is 18.2. The van der Waals surface area contributed by atoms with E-state index >= 15 is 0 Å². The van der Waals surface area contributed by atoms with Crippen LogP contribution in [0.1, 0.15) is 42.8 Å². The predicted octanol–water partition coefficient (Wildman–Crippen LogP) is 2.97. The first-order chi connectivity index (χ1) is 14.2. The second kappa shape index (κ2) is 8.96. The molecule has 3 aromatic rings. The van der Waals surface area contributed by atoms with Crippen molar-refractivity contribution in [3.05, 3.63) is 56.7 Å². The van der Waals surface area contributed by atoms with Crippen LogP contribution in [-0.2, 0) is 16.8 Å². The Bertz CT molecular complexity index is 1160. The van der Waals surface area contributed by atoms with E-state index < -0.39 is 12.1 Å². The molecular formula is C18H19BrF3N5O4. The Morgan fingerprint density at radius 1 is 1.23 bits per heavy atom. The lowest BCUT2D eigenvalue weighted by Gasteiger charge is -2.14. The number of nitrogens with one attached hydrogen (secondary N) is 3. The lowest BCUT2D eigenvalue weighted by atomic mass is 9.96. The highest BCUT2D eigenvalue weighted by Crippen LogP contribution is 2.18. The Labute approximate surface area is 181 Å². The average Bonchev–Trinajstić information content (AvgIpc) is 3.25. The molecule has 31 heavy (non-hydrogen) atoms. The van der Waals surface area contributed by atoms with Gasteiger partial charge in [-0.25, -0.2) is 14.6 Å². The van der Waals surface area contributed by atoms with Crippen LogP contribution in [0.25, 0.3) is 5.52 Å². The molecule has 0 saturated carbocycles. The minimum atomic E-state index is -5.08. The molecule has 1 amide bonds. The molecule has 0 atom stereocenters. The van der Waals surface area contributed by atoms with Crippen molar-refractivity contribution >= 4 is 33.3 Å². The number of aliphatic carboxylic acids is 1. The first-order valence-corrected chi connectivity index (χ1v) is 9.51. The molecule has 4 N–H and O–H groups in total. The Morgan fingerprint density at radius 3 is 2.35 bits per heavy atom. The summed E-state index contributed by atoms with van der Waals surface area (Å²) in [5, 5.41) is 9.90. The first-order valence-electron chi connectivity index (χ1n) is 8.72. The van der Waals surface area contributed by atoms with Crippen molar-refractivity contribution in [2.75, 3.05) is 0 Å². The van der Waals surface area contributed by atoms with Gasteiger partial charge >= 0.3 is 17.8 Å². The molecule has 0 aromatic carbocycles. The van der Waals surface area contributed by atoms with Gasteiger partial charge in [0.05, 0.1) is 24.0 Å². The summed E-state index contributed by atoms with van der Waals surface area (Å²) in [6, 6.07) is 3.41. The number of carbonyl (C=O) groups excluding carboxylic acids is 1. The number of carboxylic acid groups (broad SMARTS) is 1. The van der Waals surface area contributed by atoms with Gasteiger partial charge < -0.3 is 20.4 Å². The summed E-state index contributed by atoms with van der Waals surface area (Å²) in [6.45, 7) is 6.48. The number of amides is 1. The van der Waals surface area contributed by atoms with Crippen molar-refractivity contribution < 1.29 is 27.9 Å². The van der Waals surface area contributed by atoms with Crippen molar-refractivity contribution in [2.24, 2.45) is 0 Å². The van der Waals surface area contributed by atoms with Crippen molar-refractivity contribution in [1.29, 1.82) is 0 Å². The number of fused-ring (bicyclic) bond motifs is 1. The zero-order valence-electron chi connectivity index (χ0n) is 16.6. The summed E-state index contributed by atoms with van der Waals surface area (Å²) >= 11 is 3.31. The number of alkyl halides is 3. The molecule has 168 valence electrons. The van der Waals surface area contributed by atoms with Crippen molar-refractivity contribution in [1.82, 2.24) is 24.7 Å². The summed E-state index contributed by atoms with van der Waals surface area (Å²) in [5.74, 6) is -2.24. The molecule has 3 aromatic heterocycles. The molecule has 13 heteroatoms. The minimum absolute atomic E-state index is 0.0824. The van der Waals surface area contributed by atoms with Crippen LogP contribution in [-0.4, -0.2) is 42.5 Å². The van der Waals surface area contributed by atoms with Gasteiger partial charge in [-0.3, -0.25) is 9.20 Å². The van der Waals surface area contributed by atoms with E-state index in [1.165, 1.54) is 4.40 Å². The van der Waals surface area contributed by atoms with E-state index in [-0.39, 0.29) is 22.7 Å². The molecule has 0 aliphatic heterocycles. The third-order valence-electron chi connectivity index (χ3n) is 3.83. The number of nitrogens with zero attached hydrogens (tertiary/aromatic N) is 2. The van der Waals surface area contributed by atoms with Crippen molar-refractivity contribution in [3.63, 3.8) is 0 Å². The number of aromatic amines is 2. The molecule has 9 nitrogen and oxygen atoms in total. The third-order valence-corrected chi connectivity index (χ3v) is 4.27. The smallest absolute Gasteiger partial charge is 0.475 e. The Hall–Kier alpha value is -3.09. The van der Waals surface area contributed by atoms with Crippen LogP contribution < -0.4 is 11.0 Å². The van der Waals surface area contributed by atoms with Gasteiger partial charge in [0.15, 0.2) is 0 Å². The van der Waals surface area contributed by atoms with E-state index in [1.807, 2.05) is 0 Å². The van der Waals surface area contributed by atoms with E-state index in [0.29, 0.717) is 12.1 Å². The van der Waals surface area contributed by atoms with Gasteiger partial charge in [0.2, 0.25) is 0 Å². The number of hydrogen-bond donors (Lipinski definition) is 4. The number of carboxylic acids is 1. The van der Waals surface area contributed by atoms with E-state index in [4.69, 9.17) is 9.90 Å². The van der Waals surface area contributed by atoms with Crippen LogP contribution >= 0.6 is 15.9 Å². The Morgan fingerprint density at radius 2 is 1.84 bits per heavy atom. The summed E-state index contributed by atoms with van der Waals surface area (Å²) in [5.41, 5.74) is 1.23. The van der Waals surface area contributed by atoms with Gasteiger partial charge in [0.1, 0.15) is 11.5 Å². The molecule has 0 aliphatic carbocycles. The molecular weight excluding hydrogens is 487 g/mol. The number of H-pyrrole nitrogens is 2. The molecule has 3 rings (SSSR count). The minimum Gasteiger partial charge on any atom is -0.475 e. The fraction of sp³-hybridized carbons (Fsp3) is 0.333. The van der Waals surface area contributed by atoms with E-state index in [1.54, 1.807) is 24.5 Å². The van der Waals surface area contributed by atoms with E-state index in [2.05, 4.69) is 57.0 Å². The number of imidazole rings is 1. The predicted molar refractivity (Wildman–Crippen MR) is 108 cm³/mol. The highest BCUT2D eigenvalue weighted by Gasteiger charge is 2.38. The second-order valence-corrected chi connectivity index (χ2v) is 8.35. The van der Waals surface area contributed by atoms with Crippen LogP contribution in [0.15, 0.2) is 33.8 Å². The average molecular weight is 506 g/mol. The number of carbonyl (C=O) groups is 2. The van der Waals surface area contributed by atoms with Gasteiger partial charge in [-0.05, 0) is 28.1 Å². The van der Waals surface area contributed by atoms with Gasteiger partial charge in [0.25, 0.3) is 5.91 Å². The standard InChI is InChI=1S/C16H18BrN5O2.C2HF3O2/c1-16(2,3)14-19-7-10(20-14)6-18-13(23)12-5-11-4-9(17)8-22(11)15(24)21-12;3-2(4,5)1(6)7/h4-5,7-8H,6H2,1-3H3,(H,18,23)(H,19,20)(H,21,24);(H,6,7). The zero-order chi connectivity index (χ0) is 23.6. The Balaban J connectivity index is 0.000000423. The summed E-state index contributed by atoms with van der Waals surface area (Å²) < 4.78 is 33.9. The molecule has 0 radical (unpaired) electrons. The fourth-order valence-electron chi connectivity index (χ4n) is 2.32. The Kier molecular flexibility index (Phi) is 6.99. The summed E-state index contributed by atoms with van der Waals surface area (Å²) in [7, 11) is 0. The highest BCUT2D eigenvalue weighted by molar-refractivity contribution is 9.10. The molecule has 0 bridgehead atoms. The van der Waals surface area contributed by atoms with E-state index in [9.17, 15) is 22.8 Å². The summed E-state index contributed by atoms with van der Waals surface area (Å²) in [4.78, 5) is 43.3. The number of rotatable bonds is 3. The molecule has 0 aliphatic rings. The maximum absolute atomic E-state index is 12.3. The molecule has 3 heterocycles. The van der Waals surface area contributed by atoms with Crippen molar-refractivity contribution in [3.8, 4) is 0 Å². The fourth-order valence-corrected chi connectivity index (χ4v) is 2.75. The highest BCUT2D eigenvalue weighted by atomic mass is 79.9. The molecule has 0 unspecified atom stereocenters. The normalized spacial score (nSPS) is 11.7. The largest absolute Gasteiger partial charge is 0.490 e. The van der Waals surface area contributed by atoms with Crippen LogP contribution in [0.5, 0.6) is 0 Å². The van der Waals surface area contributed by atoms with Crippen LogP contribution in [0.3, 0.4) is 0 Å². The lowest BCUT2D eigenvalue weighted by Crippen LogP contribution is -2.28. The number of hydrogen-bond acceptors (Lipinski definition) is 4. The molecule has 0 saturated heterocycles. The van der Waals surface area contributed by atoms with Crippen molar-refractivity contribution in [2.45, 2.75) is 38.9 Å². The summed E-state index contributed by atoms with van der Waals surface area (Å²) in [6.07, 6.45) is -1.73. The quantitative estimate of drug-likeness (QED) is 0.434. The van der Waals surface area contributed by atoms with Crippen LogP contribution in [0, 0.1) is 0 Å². The topological polar surface area (TPSA) is 132 Å². The number of aromatic nitrogens is 4. The van der Waals surface area contributed by atoms with E-state index in [0.717, 1.165) is 16.0 Å². The number of halogens is 4. The van der Waals surface area contributed by atoms with Crippen LogP contribution in [0.4, 0.5) is 13.2 Å². The maximum Gasteiger partial charge on any atom is 0.490 e. The monoisotopic (exact) mass is 505 g/mol. The SMILES string of the molecule is CC(C)(C)c1ncc(CNC(=O)c2cc3cc(Br)cn3c(=O)[nH]2)[nH]1.O=C(O)C(F)(F)F. The molecule has 0 spiro atoms. The first kappa shape index (κ1) is 24.2. The molecule has 0 fully saturated rings. The maximum atomic E-state index is 12.3. The third kappa shape index (κ3) is 6.44. The lowest BCUT2D eigenvalue weighted by molar-refractivity contribution is -0.192.